The largest absolute Gasteiger partial charge is 0.376 e. The van der Waals surface area contributed by atoms with Gasteiger partial charge in [-0.2, -0.15) is 0 Å². The van der Waals surface area contributed by atoms with E-state index in [4.69, 9.17) is 4.74 Å². The quantitative estimate of drug-likeness (QED) is 0.913. The van der Waals surface area contributed by atoms with Gasteiger partial charge in [0.05, 0.1) is 18.0 Å². The third kappa shape index (κ3) is 3.33. The molecule has 2 aromatic rings. The first-order valence-electron chi connectivity index (χ1n) is 7.67. The van der Waals surface area contributed by atoms with Crippen LogP contribution in [-0.4, -0.2) is 40.2 Å². The van der Waals surface area contributed by atoms with E-state index in [9.17, 15) is 4.79 Å². The summed E-state index contributed by atoms with van der Waals surface area (Å²) < 4.78 is 7.09. The third-order valence-electron chi connectivity index (χ3n) is 3.85. The van der Waals surface area contributed by atoms with E-state index in [0.29, 0.717) is 12.2 Å². The maximum atomic E-state index is 12.1. The lowest BCUT2D eigenvalue weighted by Gasteiger charge is -2.09. The number of carbonyl (C=O) groups excluding carboxylic acids is 1. The monoisotopic (exact) mass is 300 g/mol. The number of nitrogens with one attached hydrogen (secondary N) is 1. The first-order chi connectivity index (χ1) is 10.8. The van der Waals surface area contributed by atoms with Gasteiger partial charge in [0.2, 0.25) is 0 Å². The van der Waals surface area contributed by atoms with Crippen LogP contribution < -0.4 is 5.32 Å². The van der Waals surface area contributed by atoms with Gasteiger partial charge < -0.3 is 10.1 Å². The molecule has 0 saturated carbocycles. The Kier molecular flexibility index (Phi) is 4.48. The molecule has 22 heavy (non-hydrogen) atoms. The zero-order valence-electron chi connectivity index (χ0n) is 12.7. The van der Waals surface area contributed by atoms with Gasteiger partial charge >= 0.3 is 0 Å². The number of ether oxygens (including phenoxy) is 1. The van der Waals surface area contributed by atoms with Crippen LogP contribution in [-0.2, 0) is 11.2 Å². The van der Waals surface area contributed by atoms with Crippen molar-refractivity contribution in [3.8, 4) is 5.69 Å². The van der Waals surface area contributed by atoms with Crippen molar-refractivity contribution in [3.63, 3.8) is 0 Å². The summed E-state index contributed by atoms with van der Waals surface area (Å²) >= 11 is 0. The molecular weight excluding hydrogens is 280 g/mol. The highest BCUT2D eigenvalue weighted by molar-refractivity contribution is 5.91. The highest BCUT2D eigenvalue weighted by Gasteiger charge is 2.18. The molecule has 0 radical (unpaired) electrons. The van der Waals surface area contributed by atoms with Gasteiger partial charge in [-0.15, -0.1) is 5.10 Å². The summed E-state index contributed by atoms with van der Waals surface area (Å²) in [5.74, 6) is -0.216. The molecule has 0 unspecified atom stereocenters. The Hall–Kier alpha value is -2.21. The minimum absolute atomic E-state index is 0.126. The Balaban J connectivity index is 1.63. The van der Waals surface area contributed by atoms with E-state index >= 15 is 0 Å². The first kappa shape index (κ1) is 14.7. The number of aromatic nitrogens is 3. The van der Waals surface area contributed by atoms with Crippen LogP contribution in [0.15, 0.2) is 30.5 Å². The van der Waals surface area contributed by atoms with Gasteiger partial charge in [-0.25, -0.2) is 4.68 Å². The van der Waals surface area contributed by atoms with E-state index < -0.39 is 0 Å². The second-order valence-electron chi connectivity index (χ2n) is 5.41. The lowest BCUT2D eigenvalue weighted by Crippen LogP contribution is -2.31. The van der Waals surface area contributed by atoms with E-state index in [1.807, 2.05) is 24.3 Å². The number of benzene rings is 1. The van der Waals surface area contributed by atoms with Gasteiger partial charge in [-0.3, -0.25) is 4.79 Å². The Morgan fingerprint density at radius 1 is 1.41 bits per heavy atom. The number of nitrogens with zero attached hydrogens (tertiary/aromatic N) is 3. The molecule has 1 fully saturated rings. The lowest BCUT2D eigenvalue weighted by molar-refractivity contribution is 0.0853. The summed E-state index contributed by atoms with van der Waals surface area (Å²) in [5, 5.41) is 10.8. The lowest BCUT2D eigenvalue weighted by atomic mass is 10.1. The van der Waals surface area contributed by atoms with Crippen molar-refractivity contribution >= 4 is 5.91 Å². The van der Waals surface area contributed by atoms with Crippen LogP contribution in [0.3, 0.4) is 0 Å². The van der Waals surface area contributed by atoms with E-state index in [1.165, 1.54) is 5.56 Å². The molecule has 6 heteroatoms. The minimum atomic E-state index is -0.216. The summed E-state index contributed by atoms with van der Waals surface area (Å²) in [5.41, 5.74) is 2.47. The molecule has 1 saturated heterocycles. The fourth-order valence-electron chi connectivity index (χ4n) is 2.48. The van der Waals surface area contributed by atoms with Crippen LogP contribution in [0.25, 0.3) is 5.69 Å². The van der Waals surface area contributed by atoms with Crippen molar-refractivity contribution in [2.24, 2.45) is 0 Å². The molecule has 3 rings (SSSR count). The van der Waals surface area contributed by atoms with Crippen LogP contribution in [0.4, 0.5) is 0 Å². The minimum Gasteiger partial charge on any atom is -0.376 e. The summed E-state index contributed by atoms with van der Waals surface area (Å²) in [6.07, 6.45) is 4.82. The van der Waals surface area contributed by atoms with Gasteiger partial charge in [0, 0.05) is 13.2 Å². The zero-order valence-corrected chi connectivity index (χ0v) is 12.7. The summed E-state index contributed by atoms with van der Waals surface area (Å²) in [6, 6.07) is 8.05. The molecule has 0 spiro atoms. The van der Waals surface area contributed by atoms with Crippen LogP contribution in [0.5, 0.6) is 0 Å². The second kappa shape index (κ2) is 6.70. The molecule has 1 atom stereocenters. The number of hydrogen-bond donors (Lipinski definition) is 1. The van der Waals surface area contributed by atoms with Crippen molar-refractivity contribution < 1.29 is 9.53 Å². The predicted molar refractivity (Wildman–Crippen MR) is 82.0 cm³/mol. The maximum Gasteiger partial charge on any atom is 0.273 e. The summed E-state index contributed by atoms with van der Waals surface area (Å²) in [4.78, 5) is 12.1. The molecule has 1 aromatic carbocycles. The second-order valence-corrected chi connectivity index (χ2v) is 5.41. The average molecular weight is 300 g/mol. The number of carbonyl (C=O) groups is 1. The van der Waals surface area contributed by atoms with E-state index in [1.54, 1.807) is 10.9 Å². The molecule has 0 aliphatic carbocycles. The van der Waals surface area contributed by atoms with Crippen molar-refractivity contribution in [2.45, 2.75) is 32.3 Å². The summed E-state index contributed by atoms with van der Waals surface area (Å²) in [6.45, 7) is 3.42. The molecule has 0 bridgehead atoms. The smallest absolute Gasteiger partial charge is 0.273 e. The molecular formula is C16H20N4O2. The fraction of sp³-hybridized carbons (Fsp3) is 0.438. The first-order valence-corrected chi connectivity index (χ1v) is 7.67. The molecule has 1 amide bonds. The van der Waals surface area contributed by atoms with Crippen molar-refractivity contribution in [1.82, 2.24) is 20.3 Å². The molecule has 1 aliphatic rings. The molecule has 6 nitrogen and oxygen atoms in total. The Morgan fingerprint density at radius 3 is 2.91 bits per heavy atom. The van der Waals surface area contributed by atoms with Gasteiger partial charge in [-0.1, -0.05) is 24.3 Å². The normalized spacial score (nSPS) is 17.6. The van der Waals surface area contributed by atoms with Crippen LogP contribution in [0.2, 0.25) is 0 Å². The maximum absolute atomic E-state index is 12.1. The standard InChI is InChI=1S/C16H20N4O2/c1-2-12-5-7-13(8-6-12)20-11-15(18-19-20)16(21)17-10-14-4-3-9-22-14/h5-8,11,14H,2-4,9-10H2,1H3,(H,17,21)/t14-/m0/s1. The predicted octanol–water partition coefficient (Wildman–Crippen LogP) is 1.74. The highest BCUT2D eigenvalue weighted by Crippen LogP contribution is 2.11. The van der Waals surface area contributed by atoms with E-state index in [0.717, 1.165) is 31.6 Å². The van der Waals surface area contributed by atoms with Gasteiger partial charge in [0.15, 0.2) is 5.69 Å². The molecule has 2 heterocycles. The van der Waals surface area contributed by atoms with Crippen molar-refractivity contribution in [3.05, 3.63) is 41.7 Å². The van der Waals surface area contributed by atoms with E-state index in [-0.39, 0.29) is 12.0 Å². The fourth-order valence-corrected chi connectivity index (χ4v) is 2.48. The third-order valence-corrected chi connectivity index (χ3v) is 3.85. The molecule has 116 valence electrons. The average Bonchev–Trinajstić information content (AvgIpc) is 3.24. The van der Waals surface area contributed by atoms with Crippen molar-refractivity contribution in [1.29, 1.82) is 0 Å². The van der Waals surface area contributed by atoms with Gasteiger partial charge in [-0.05, 0) is 37.0 Å². The number of aryl methyl sites for hydroxylation is 1. The number of hydrogen-bond acceptors (Lipinski definition) is 4. The van der Waals surface area contributed by atoms with Crippen molar-refractivity contribution in [2.75, 3.05) is 13.2 Å². The Morgan fingerprint density at radius 2 is 2.23 bits per heavy atom. The van der Waals surface area contributed by atoms with Gasteiger partial charge in [0.1, 0.15) is 0 Å². The Bertz CT molecular complexity index is 630. The highest BCUT2D eigenvalue weighted by atomic mass is 16.5. The van der Waals surface area contributed by atoms with Gasteiger partial charge in [0.25, 0.3) is 5.91 Å². The van der Waals surface area contributed by atoms with E-state index in [2.05, 4.69) is 22.6 Å². The molecule has 1 aliphatic heterocycles. The summed E-state index contributed by atoms with van der Waals surface area (Å²) in [7, 11) is 0. The van der Waals surface area contributed by atoms with Crippen LogP contribution in [0.1, 0.15) is 35.8 Å². The molecule has 1 aromatic heterocycles. The number of amides is 1. The van der Waals surface area contributed by atoms with Crippen LogP contribution >= 0.6 is 0 Å². The van der Waals surface area contributed by atoms with Crippen LogP contribution in [0, 0.1) is 0 Å². The Labute approximate surface area is 129 Å². The number of rotatable bonds is 5. The zero-order chi connectivity index (χ0) is 15.4. The topological polar surface area (TPSA) is 69.0 Å². The SMILES string of the molecule is CCc1ccc(-n2cc(C(=O)NC[C@@H]3CCCO3)nn2)cc1. The molecule has 1 N–H and O–H groups in total.